The number of benzene rings is 12. The highest BCUT2D eigenvalue weighted by Crippen LogP contribution is 2.49. The molecule has 0 fully saturated rings. The van der Waals surface area contributed by atoms with Crippen LogP contribution in [0.25, 0.3) is 76.1 Å². The van der Waals surface area contributed by atoms with Crippen LogP contribution in [0, 0.1) is 0 Å². The molecule has 0 saturated carbocycles. The van der Waals surface area contributed by atoms with Crippen LogP contribution >= 0.6 is 0 Å². The quantitative estimate of drug-likeness (QED) is 0.141. The zero-order valence-electron chi connectivity index (χ0n) is 35.1. The van der Waals surface area contributed by atoms with Crippen molar-refractivity contribution in [2.45, 2.75) is 0 Å². The summed E-state index contributed by atoms with van der Waals surface area (Å²) in [6.45, 7) is 0. The third kappa shape index (κ3) is 6.44. The van der Waals surface area contributed by atoms with Gasteiger partial charge in [0.1, 0.15) is 0 Å². The highest BCUT2D eigenvalue weighted by Gasteiger charge is 2.23. The first-order valence-electron chi connectivity index (χ1n) is 22.0. The van der Waals surface area contributed by atoms with Crippen LogP contribution in [0.15, 0.2) is 255 Å². The highest BCUT2D eigenvalue weighted by atomic mass is 15.2. The number of hydrogen-bond donors (Lipinski definition) is 0. The van der Waals surface area contributed by atoms with Crippen molar-refractivity contribution in [2.24, 2.45) is 0 Å². The molecule has 0 bridgehead atoms. The maximum atomic E-state index is 2.46. The summed E-state index contributed by atoms with van der Waals surface area (Å²) < 4.78 is 0. The Morgan fingerprint density at radius 2 is 0.484 bits per heavy atom. The molecule has 12 aromatic rings. The van der Waals surface area contributed by atoms with E-state index in [0.717, 1.165) is 44.9 Å². The molecule has 0 aliphatic heterocycles. The second-order valence-electron chi connectivity index (χ2n) is 16.5. The number of anilines is 6. The Bertz CT molecular complexity index is 3410. The van der Waals surface area contributed by atoms with Crippen LogP contribution in [0.3, 0.4) is 0 Å². The van der Waals surface area contributed by atoms with E-state index in [0.29, 0.717) is 0 Å². The largest absolute Gasteiger partial charge is 0.309 e. The van der Waals surface area contributed by atoms with Crippen molar-refractivity contribution in [1.29, 1.82) is 0 Å². The van der Waals surface area contributed by atoms with Crippen LogP contribution in [-0.4, -0.2) is 0 Å². The normalized spacial score (nSPS) is 11.4. The van der Waals surface area contributed by atoms with E-state index in [2.05, 4.69) is 265 Å². The molecule has 0 unspecified atom stereocenters. The lowest BCUT2D eigenvalue weighted by molar-refractivity contribution is 1.29. The van der Waals surface area contributed by atoms with Gasteiger partial charge in [-0.05, 0) is 103 Å². The first kappa shape index (κ1) is 37.3. The molecule has 0 radical (unpaired) electrons. The molecular weight excluding hydrogens is 773 g/mol. The first-order chi connectivity index (χ1) is 31.8. The van der Waals surface area contributed by atoms with Gasteiger partial charge in [0.15, 0.2) is 0 Å². The molecule has 64 heavy (non-hydrogen) atoms. The van der Waals surface area contributed by atoms with Crippen molar-refractivity contribution < 1.29 is 0 Å². The lowest BCUT2D eigenvalue weighted by atomic mass is 9.97. The molecule has 0 spiro atoms. The maximum absolute atomic E-state index is 2.46. The van der Waals surface area contributed by atoms with E-state index in [-0.39, 0.29) is 0 Å². The second kappa shape index (κ2) is 15.8. The Balaban J connectivity index is 1.09. The minimum atomic E-state index is 1.09. The zero-order chi connectivity index (χ0) is 42.4. The van der Waals surface area contributed by atoms with Crippen molar-refractivity contribution in [3.63, 3.8) is 0 Å². The number of hydrogen-bond acceptors (Lipinski definition) is 2. The Hall–Kier alpha value is -8.46. The molecule has 0 aliphatic rings. The SMILES string of the molecule is c1ccc(-c2ccc(N(c3ccc(N(c4ccc(-c5ccccc5)cc4)c4cccc5c4ccc4ccccc45)c4ccccc34)c3cccc4c3ccc3ccccc34)cc2)cc1. The molecule has 12 aromatic carbocycles. The average molecular weight is 815 g/mol. The number of fused-ring (bicyclic) bond motifs is 7. The van der Waals surface area contributed by atoms with Crippen molar-refractivity contribution in [1.82, 2.24) is 0 Å². The first-order valence-corrected chi connectivity index (χ1v) is 22.0. The van der Waals surface area contributed by atoms with Crippen LogP contribution in [0.4, 0.5) is 34.1 Å². The van der Waals surface area contributed by atoms with Gasteiger partial charge >= 0.3 is 0 Å². The maximum Gasteiger partial charge on any atom is 0.0541 e. The topological polar surface area (TPSA) is 6.48 Å². The van der Waals surface area contributed by atoms with Gasteiger partial charge in [-0.2, -0.15) is 0 Å². The predicted molar refractivity (Wildman–Crippen MR) is 274 cm³/mol. The third-order valence-corrected chi connectivity index (χ3v) is 12.8. The lowest BCUT2D eigenvalue weighted by Crippen LogP contribution is -2.14. The van der Waals surface area contributed by atoms with E-state index < -0.39 is 0 Å². The molecule has 2 nitrogen and oxygen atoms in total. The van der Waals surface area contributed by atoms with E-state index >= 15 is 0 Å². The van der Waals surface area contributed by atoms with Crippen LogP contribution in [0.2, 0.25) is 0 Å². The molecular formula is C62H42N2. The summed E-state index contributed by atoms with van der Waals surface area (Å²) in [6.07, 6.45) is 0. The van der Waals surface area contributed by atoms with E-state index in [9.17, 15) is 0 Å². The van der Waals surface area contributed by atoms with Crippen molar-refractivity contribution in [3.8, 4) is 22.3 Å². The summed E-state index contributed by atoms with van der Waals surface area (Å²) in [6, 6.07) is 92.9. The van der Waals surface area contributed by atoms with Gasteiger partial charge in [-0.15, -0.1) is 0 Å². The van der Waals surface area contributed by atoms with Gasteiger partial charge in [-0.3, -0.25) is 0 Å². The Morgan fingerprint density at radius 3 is 0.906 bits per heavy atom. The van der Waals surface area contributed by atoms with Gasteiger partial charge in [0.2, 0.25) is 0 Å². The van der Waals surface area contributed by atoms with E-state index in [1.807, 2.05) is 0 Å². The fraction of sp³-hybridized carbons (Fsp3) is 0. The molecule has 0 aromatic heterocycles. The van der Waals surface area contributed by atoms with E-state index in [1.54, 1.807) is 0 Å². The van der Waals surface area contributed by atoms with Crippen molar-refractivity contribution in [2.75, 3.05) is 9.80 Å². The monoisotopic (exact) mass is 814 g/mol. The standard InChI is InChI=1S/C62H42N2/c1-3-15-43(16-4-1)45-29-35-49(36-30-45)63(59-27-13-25-53-51-21-9-7-19-47(51)33-39-57(53)59)61-41-42-62(56-24-12-11-23-55(56)61)64(50-37-31-46(32-38-50)44-17-5-2-6-18-44)60-28-14-26-54-52-22-10-8-20-48(52)34-40-58(54)60/h1-42H. The zero-order valence-corrected chi connectivity index (χ0v) is 35.1. The number of rotatable bonds is 8. The summed E-state index contributed by atoms with van der Waals surface area (Å²) in [5.74, 6) is 0. The minimum Gasteiger partial charge on any atom is -0.309 e. The smallest absolute Gasteiger partial charge is 0.0541 e. The lowest BCUT2D eigenvalue weighted by Gasteiger charge is -2.32. The number of nitrogens with zero attached hydrogens (tertiary/aromatic N) is 2. The Kier molecular flexibility index (Phi) is 9.20. The molecule has 0 heterocycles. The van der Waals surface area contributed by atoms with Gasteiger partial charge in [0.25, 0.3) is 0 Å². The van der Waals surface area contributed by atoms with E-state index in [4.69, 9.17) is 0 Å². The molecule has 12 rings (SSSR count). The Labute approximate surface area is 373 Å². The summed E-state index contributed by atoms with van der Waals surface area (Å²) in [5, 5.41) is 12.1. The molecule has 0 aliphatic carbocycles. The van der Waals surface area contributed by atoms with Crippen molar-refractivity contribution >= 4 is 88.0 Å². The van der Waals surface area contributed by atoms with Crippen LogP contribution < -0.4 is 9.80 Å². The molecule has 0 atom stereocenters. The summed E-state index contributed by atoms with van der Waals surface area (Å²) in [5.41, 5.74) is 11.4. The van der Waals surface area contributed by atoms with Gasteiger partial charge in [0, 0.05) is 32.9 Å². The van der Waals surface area contributed by atoms with Crippen LogP contribution in [-0.2, 0) is 0 Å². The van der Waals surface area contributed by atoms with Gasteiger partial charge in [-0.1, -0.05) is 206 Å². The second-order valence-corrected chi connectivity index (χ2v) is 16.5. The molecule has 0 amide bonds. The molecule has 300 valence electrons. The Morgan fingerprint density at radius 1 is 0.172 bits per heavy atom. The predicted octanol–water partition coefficient (Wildman–Crippen LogP) is 17.7. The van der Waals surface area contributed by atoms with Crippen LogP contribution in [0.1, 0.15) is 0 Å². The van der Waals surface area contributed by atoms with Crippen LogP contribution in [0.5, 0.6) is 0 Å². The summed E-state index contributed by atoms with van der Waals surface area (Å²) in [4.78, 5) is 4.92. The minimum absolute atomic E-state index is 1.09. The summed E-state index contributed by atoms with van der Waals surface area (Å²) in [7, 11) is 0. The molecule has 2 heteroatoms. The highest BCUT2D eigenvalue weighted by molar-refractivity contribution is 6.17. The average Bonchev–Trinajstić information content (AvgIpc) is 3.38. The van der Waals surface area contributed by atoms with Gasteiger partial charge in [0.05, 0.1) is 22.7 Å². The van der Waals surface area contributed by atoms with Gasteiger partial charge in [-0.25, -0.2) is 0 Å². The fourth-order valence-electron chi connectivity index (χ4n) is 9.78. The summed E-state index contributed by atoms with van der Waals surface area (Å²) >= 11 is 0. The molecule has 0 N–H and O–H groups in total. The van der Waals surface area contributed by atoms with E-state index in [1.165, 1.54) is 65.3 Å². The third-order valence-electron chi connectivity index (χ3n) is 12.8. The molecule has 0 saturated heterocycles. The fourth-order valence-corrected chi connectivity index (χ4v) is 9.78. The van der Waals surface area contributed by atoms with Crippen molar-refractivity contribution in [3.05, 3.63) is 255 Å². The van der Waals surface area contributed by atoms with Gasteiger partial charge < -0.3 is 9.80 Å².